The van der Waals surface area contributed by atoms with Crippen LogP contribution in [0.3, 0.4) is 0 Å². The SMILES string of the molecule is Cc1nn(CC(=O)Nc2cccc(Cn3cccn3)c2)c2nc(C3CC3)cc(C(F)F)c12. The van der Waals surface area contributed by atoms with Crippen LogP contribution < -0.4 is 5.32 Å². The minimum absolute atomic E-state index is 0.0626. The number of rotatable bonds is 7. The van der Waals surface area contributed by atoms with E-state index in [0.29, 0.717) is 34.7 Å². The highest BCUT2D eigenvalue weighted by Gasteiger charge is 2.29. The number of carbonyl (C=O) groups excluding carboxylic acids is 1. The number of aryl methyl sites for hydroxylation is 1. The van der Waals surface area contributed by atoms with Crippen molar-refractivity contribution in [2.75, 3.05) is 5.32 Å². The Kier molecular flexibility index (Phi) is 5.16. The van der Waals surface area contributed by atoms with Gasteiger partial charge in [0.25, 0.3) is 6.43 Å². The molecule has 0 radical (unpaired) electrons. The lowest BCUT2D eigenvalue weighted by atomic mass is 10.1. The van der Waals surface area contributed by atoms with Gasteiger partial charge in [0.2, 0.25) is 5.91 Å². The Morgan fingerprint density at radius 3 is 2.81 bits per heavy atom. The molecule has 0 bridgehead atoms. The van der Waals surface area contributed by atoms with Crippen LogP contribution in [0.5, 0.6) is 0 Å². The molecular formula is C23H22F2N6O. The third kappa shape index (κ3) is 4.10. The second-order valence-electron chi connectivity index (χ2n) is 8.11. The molecule has 0 atom stereocenters. The van der Waals surface area contributed by atoms with Gasteiger partial charge >= 0.3 is 0 Å². The summed E-state index contributed by atoms with van der Waals surface area (Å²) in [5.41, 5.74) is 3.01. The van der Waals surface area contributed by atoms with E-state index >= 15 is 0 Å². The highest BCUT2D eigenvalue weighted by molar-refractivity contribution is 5.92. The van der Waals surface area contributed by atoms with Crippen LogP contribution in [0.25, 0.3) is 11.0 Å². The van der Waals surface area contributed by atoms with Gasteiger partial charge < -0.3 is 5.32 Å². The monoisotopic (exact) mass is 436 g/mol. The molecule has 0 spiro atoms. The van der Waals surface area contributed by atoms with Crippen molar-refractivity contribution in [1.82, 2.24) is 24.5 Å². The van der Waals surface area contributed by atoms with Crippen LogP contribution in [0.15, 0.2) is 48.8 Å². The lowest BCUT2D eigenvalue weighted by Crippen LogP contribution is -2.20. The van der Waals surface area contributed by atoms with Crippen LogP contribution in [0.2, 0.25) is 0 Å². The van der Waals surface area contributed by atoms with Crippen LogP contribution in [0, 0.1) is 6.92 Å². The highest BCUT2D eigenvalue weighted by Crippen LogP contribution is 2.41. The first-order valence-corrected chi connectivity index (χ1v) is 10.5. The van der Waals surface area contributed by atoms with E-state index in [2.05, 4.69) is 20.5 Å². The lowest BCUT2D eigenvalue weighted by molar-refractivity contribution is -0.116. The van der Waals surface area contributed by atoms with Gasteiger partial charge in [-0.2, -0.15) is 10.2 Å². The minimum Gasteiger partial charge on any atom is -0.324 e. The van der Waals surface area contributed by atoms with Gasteiger partial charge in [0.15, 0.2) is 5.65 Å². The van der Waals surface area contributed by atoms with Crippen molar-refractivity contribution in [2.45, 2.75) is 45.2 Å². The van der Waals surface area contributed by atoms with E-state index in [9.17, 15) is 13.6 Å². The topological polar surface area (TPSA) is 77.6 Å². The number of alkyl halides is 2. The van der Waals surface area contributed by atoms with Gasteiger partial charge in [0, 0.05) is 35.3 Å². The zero-order valence-electron chi connectivity index (χ0n) is 17.5. The molecule has 3 heterocycles. The fourth-order valence-electron chi connectivity index (χ4n) is 3.94. The largest absolute Gasteiger partial charge is 0.324 e. The first kappa shape index (κ1) is 20.3. The van der Waals surface area contributed by atoms with Crippen molar-refractivity contribution in [2.24, 2.45) is 0 Å². The number of anilines is 1. The third-order valence-corrected chi connectivity index (χ3v) is 5.57. The lowest BCUT2D eigenvalue weighted by Gasteiger charge is -2.10. The van der Waals surface area contributed by atoms with Gasteiger partial charge in [0.1, 0.15) is 6.54 Å². The number of carbonyl (C=O) groups is 1. The van der Waals surface area contributed by atoms with E-state index in [1.165, 1.54) is 10.7 Å². The number of nitrogens with zero attached hydrogens (tertiary/aromatic N) is 5. The first-order chi connectivity index (χ1) is 15.5. The Hall–Kier alpha value is -3.62. The molecule has 4 aromatic rings. The number of amides is 1. The van der Waals surface area contributed by atoms with Crippen LogP contribution in [-0.4, -0.2) is 30.5 Å². The maximum atomic E-state index is 13.7. The molecule has 9 heteroatoms. The van der Waals surface area contributed by atoms with E-state index in [0.717, 1.165) is 18.4 Å². The molecular weight excluding hydrogens is 414 g/mol. The Labute approximate surface area is 183 Å². The molecule has 3 aromatic heterocycles. The molecule has 1 aromatic carbocycles. The molecule has 0 aliphatic heterocycles. The summed E-state index contributed by atoms with van der Waals surface area (Å²) in [5.74, 6) is -0.0882. The van der Waals surface area contributed by atoms with Crippen LogP contribution in [0.1, 0.15) is 47.7 Å². The summed E-state index contributed by atoms with van der Waals surface area (Å²) in [4.78, 5) is 17.3. The zero-order valence-corrected chi connectivity index (χ0v) is 17.5. The Balaban J connectivity index is 1.38. The Morgan fingerprint density at radius 2 is 2.09 bits per heavy atom. The molecule has 0 unspecified atom stereocenters. The van der Waals surface area contributed by atoms with Crippen molar-refractivity contribution in [3.8, 4) is 0 Å². The maximum Gasteiger partial charge on any atom is 0.264 e. The number of hydrogen-bond acceptors (Lipinski definition) is 4. The number of benzene rings is 1. The van der Waals surface area contributed by atoms with Crippen LogP contribution >= 0.6 is 0 Å². The molecule has 1 aliphatic rings. The van der Waals surface area contributed by atoms with E-state index < -0.39 is 6.43 Å². The normalized spacial score (nSPS) is 13.8. The summed E-state index contributed by atoms with van der Waals surface area (Å²) in [6.45, 7) is 2.14. The molecule has 32 heavy (non-hydrogen) atoms. The number of hydrogen-bond donors (Lipinski definition) is 1. The van der Waals surface area contributed by atoms with E-state index in [1.54, 1.807) is 23.9 Å². The van der Waals surface area contributed by atoms with Gasteiger partial charge in [-0.1, -0.05) is 12.1 Å². The standard InChI is InChI=1S/C23H22F2N6O/c1-14-21-18(22(24)25)11-19(16-6-7-16)28-23(21)31(29-14)13-20(32)27-17-5-2-4-15(10-17)12-30-9-3-8-26-30/h2-5,8-11,16,22H,6-7,12-13H2,1H3,(H,27,32). The average Bonchev–Trinajstić information content (AvgIpc) is 3.41. The Bertz CT molecular complexity index is 1280. The quantitative estimate of drug-likeness (QED) is 0.465. The highest BCUT2D eigenvalue weighted by atomic mass is 19.3. The first-order valence-electron chi connectivity index (χ1n) is 10.5. The minimum atomic E-state index is -2.62. The van der Waals surface area contributed by atoms with Crippen molar-refractivity contribution in [3.63, 3.8) is 0 Å². The summed E-state index contributed by atoms with van der Waals surface area (Å²) in [6, 6.07) is 10.8. The van der Waals surface area contributed by atoms with Gasteiger partial charge in [0.05, 0.1) is 17.6 Å². The molecule has 1 N–H and O–H groups in total. The van der Waals surface area contributed by atoms with Gasteiger partial charge in [-0.25, -0.2) is 18.4 Å². The molecule has 1 amide bonds. The molecule has 0 saturated heterocycles. The fraction of sp³-hybridized carbons (Fsp3) is 0.304. The molecule has 1 fully saturated rings. The zero-order chi connectivity index (χ0) is 22.2. The maximum absolute atomic E-state index is 13.7. The van der Waals surface area contributed by atoms with Crippen molar-refractivity contribution in [1.29, 1.82) is 0 Å². The smallest absolute Gasteiger partial charge is 0.264 e. The number of fused-ring (bicyclic) bond motifs is 1. The molecule has 7 nitrogen and oxygen atoms in total. The molecule has 5 rings (SSSR count). The third-order valence-electron chi connectivity index (χ3n) is 5.57. The number of pyridine rings is 1. The van der Waals surface area contributed by atoms with Gasteiger partial charge in [-0.15, -0.1) is 0 Å². The summed E-state index contributed by atoms with van der Waals surface area (Å²) in [5, 5.41) is 11.7. The average molecular weight is 436 g/mol. The van der Waals surface area contributed by atoms with E-state index in [1.807, 2.05) is 30.5 Å². The number of aromatic nitrogens is 5. The Morgan fingerprint density at radius 1 is 1.25 bits per heavy atom. The molecule has 164 valence electrons. The van der Waals surface area contributed by atoms with Gasteiger partial charge in [-0.05, 0) is 49.6 Å². The number of nitrogens with one attached hydrogen (secondary N) is 1. The second kappa shape index (κ2) is 8.14. The van der Waals surface area contributed by atoms with Crippen molar-refractivity contribution >= 4 is 22.6 Å². The van der Waals surface area contributed by atoms with Crippen molar-refractivity contribution in [3.05, 3.63) is 71.3 Å². The predicted octanol–water partition coefficient (Wildman–Crippen LogP) is 4.44. The summed E-state index contributed by atoms with van der Waals surface area (Å²) >= 11 is 0. The molecule has 1 aliphatic carbocycles. The summed E-state index contributed by atoms with van der Waals surface area (Å²) in [6.07, 6.45) is 2.85. The predicted molar refractivity (Wildman–Crippen MR) is 116 cm³/mol. The van der Waals surface area contributed by atoms with E-state index in [4.69, 9.17) is 0 Å². The van der Waals surface area contributed by atoms with Crippen molar-refractivity contribution < 1.29 is 13.6 Å². The summed E-state index contributed by atoms with van der Waals surface area (Å²) < 4.78 is 30.7. The fourth-order valence-corrected chi connectivity index (χ4v) is 3.94. The van der Waals surface area contributed by atoms with Crippen LogP contribution in [-0.2, 0) is 17.9 Å². The number of halogens is 2. The molecule has 1 saturated carbocycles. The van der Waals surface area contributed by atoms with Gasteiger partial charge in [-0.3, -0.25) is 9.48 Å². The van der Waals surface area contributed by atoms with Crippen LogP contribution in [0.4, 0.5) is 14.5 Å². The summed E-state index contributed by atoms with van der Waals surface area (Å²) in [7, 11) is 0. The second-order valence-corrected chi connectivity index (χ2v) is 8.11. The van der Waals surface area contributed by atoms with E-state index in [-0.39, 0.29) is 23.9 Å².